The number of aryl methyl sites for hydroxylation is 2. The number of nitrogens with zero attached hydrogens (tertiary/aromatic N) is 2. The third-order valence-electron chi connectivity index (χ3n) is 3.24. The van der Waals surface area contributed by atoms with Gasteiger partial charge in [-0.2, -0.15) is 5.10 Å². The van der Waals surface area contributed by atoms with Gasteiger partial charge in [-0.3, -0.25) is 4.68 Å². The third kappa shape index (κ3) is 3.26. The minimum Gasteiger partial charge on any atom is -0.478 e. The first-order valence-corrected chi connectivity index (χ1v) is 6.79. The zero-order valence-corrected chi connectivity index (χ0v) is 12.7. The van der Waals surface area contributed by atoms with Gasteiger partial charge in [0.25, 0.3) is 0 Å². The Labute approximate surface area is 130 Å². The molecule has 1 aromatic carbocycles. The summed E-state index contributed by atoms with van der Waals surface area (Å²) in [4.78, 5) is 10.7. The van der Waals surface area contributed by atoms with Gasteiger partial charge in [0.1, 0.15) is 11.6 Å². The highest BCUT2D eigenvalue weighted by molar-refractivity contribution is 6.31. The number of benzene rings is 1. The second-order valence-electron chi connectivity index (χ2n) is 4.80. The predicted molar refractivity (Wildman–Crippen MR) is 76.8 cm³/mol. The lowest BCUT2D eigenvalue weighted by molar-refractivity contribution is 0.0695. The molecule has 0 aliphatic heterocycles. The summed E-state index contributed by atoms with van der Waals surface area (Å²) in [5, 5.41) is 16.2. The maximum atomic E-state index is 13.8. The number of hydrogen-bond acceptors (Lipinski definition) is 3. The van der Waals surface area contributed by atoms with Gasteiger partial charge in [0.05, 0.1) is 22.0 Å². The van der Waals surface area contributed by atoms with Crippen molar-refractivity contribution in [3.8, 4) is 0 Å². The Morgan fingerprint density at radius 1 is 1.36 bits per heavy atom. The van der Waals surface area contributed by atoms with Gasteiger partial charge in [-0.05, 0) is 19.1 Å². The van der Waals surface area contributed by atoms with Crippen LogP contribution in [0.5, 0.6) is 0 Å². The van der Waals surface area contributed by atoms with E-state index in [1.807, 2.05) is 0 Å². The number of aromatic nitrogens is 2. The van der Waals surface area contributed by atoms with Gasteiger partial charge < -0.3 is 10.4 Å². The van der Waals surface area contributed by atoms with Crippen molar-refractivity contribution >= 4 is 17.6 Å². The minimum absolute atomic E-state index is 0.0991. The maximum absolute atomic E-state index is 13.8. The van der Waals surface area contributed by atoms with Crippen LogP contribution in [0.3, 0.4) is 0 Å². The molecular weight excluding hydrogens is 316 g/mol. The van der Waals surface area contributed by atoms with E-state index in [4.69, 9.17) is 16.7 Å². The molecule has 118 valence electrons. The molecule has 0 unspecified atom stereocenters. The molecule has 8 heteroatoms. The van der Waals surface area contributed by atoms with Crippen LogP contribution in [0.4, 0.5) is 8.78 Å². The number of carbonyl (C=O) groups is 1. The van der Waals surface area contributed by atoms with E-state index in [2.05, 4.69) is 10.4 Å². The van der Waals surface area contributed by atoms with Gasteiger partial charge in [0.15, 0.2) is 0 Å². The van der Waals surface area contributed by atoms with E-state index in [-0.39, 0.29) is 18.7 Å². The largest absolute Gasteiger partial charge is 0.478 e. The average molecular weight is 330 g/mol. The van der Waals surface area contributed by atoms with E-state index >= 15 is 0 Å². The summed E-state index contributed by atoms with van der Waals surface area (Å²) in [5.74, 6) is -3.19. The topological polar surface area (TPSA) is 67.2 Å². The first-order valence-electron chi connectivity index (χ1n) is 6.41. The Hall–Kier alpha value is -1.99. The normalized spacial score (nSPS) is 11.0. The van der Waals surface area contributed by atoms with Crippen molar-refractivity contribution in [1.82, 2.24) is 15.1 Å². The molecule has 0 saturated carbocycles. The lowest BCUT2D eigenvalue weighted by Gasteiger charge is -2.09. The second-order valence-corrected chi connectivity index (χ2v) is 5.17. The number of halogens is 3. The van der Waals surface area contributed by atoms with Crippen LogP contribution in [0.1, 0.15) is 27.3 Å². The molecule has 0 aliphatic rings. The average Bonchev–Trinajstić information content (AvgIpc) is 2.67. The Bertz CT molecular complexity index is 708. The molecule has 1 heterocycles. The van der Waals surface area contributed by atoms with Crippen molar-refractivity contribution in [2.24, 2.45) is 7.05 Å². The highest BCUT2D eigenvalue weighted by Gasteiger charge is 2.15. The molecular formula is C14H14ClF2N3O2. The maximum Gasteiger partial charge on any atom is 0.335 e. The van der Waals surface area contributed by atoms with E-state index in [1.165, 1.54) is 0 Å². The molecule has 0 saturated heterocycles. The molecule has 2 N–H and O–H groups in total. The van der Waals surface area contributed by atoms with Crippen molar-refractivity contribution in [3.05, 3.63) is 51.3 Å². The highest BCUT2D eigenvalue weighted by atomic mass is 35.5. The van der Waals surface area contributed by atoms with Crippen LogP contribution < -0.4 is 5.32 Å². The van der Waals surface area contributed by atoms with Crippen molar-refractivity contribution in [3.63, 3.8) is 0 Å². The van der Waals surface area contributed by atoms with Crippen LogP contribution in [0.2, 0.25) is 5.02 Å². The van der Waals surface area contributed by atoms with Crippen LogP contribution in [-0.2, 0) is 20.1 Å². The molecule has 0 spiro atoms. The monoisotopic (exact) mass is 329 g/mol. The Morgan fingerprint density at radius 2 is 1.95 bits per heavy atom. The van der Waals surface area contributed by atoms with Crippen molar-refractivity contribution in [1.29, 1.82) is 0 Å². The van der Waals surface area contributed by atoms with Crippen molar-refractivity contribution in [2.45, 2.75) is 20.0 Å². The van der Waals surface area contributed by atoms with E-state index in [0.717, 1.165) is 12.1 Å². The summed E-state index contributed by atoms with van der Waals surface area (Å²) in [6, 6.07) is 1.59. The molecule has 2 aromatic rings. The molecule has 0 amide bonds. The Kier molecular flexibility index (Phi) is 4.77. The minimum atomic E-state index is -1.38. The standard InChI is InChI=1S/C14H14ClF2N3O2/c1-7-13(15)12(20(2)19-7)6-18-5-9-10(16)3-8(14(21)22)4-11(9)17/h3-4,18H,5-6H2,1-2H3,(H,21,22). The fraction of sp³-hybridized carbons (Fsp3) is 0.286. The lowest BCUT2D eigenvalue weighted by Crippen LogP contribution is -2.18. The zero-order chi connectivity index (χ0) is 16.4. The number of carboxylic acid groups (broad SMARTS) is 1. The highest BCUT2D eigenvalue weighted by Crippen LogP contribution is 2.20. The van der Waals surface area contributed by atoms with Gasteiger partial charge in [-0.1, -0.05) is 11.6 Å². The van der Waals surface area contributed by atoms with Gasteiger partial charge in [-0.15, -0.1) is 0 Å². The summed E-state index contributed by atoms with van der Waals surface area (Å²) in [6.07, 6.45) is 0. The van der Waals surface area contributed by atoms with Gasteiger partial charge in [0.2, 0.25) is 0 Å². The van der Waals surface area contributed by atoms with Crippen molar-refractivity contribution < 1.29 is 18.7 Å². The number of rotatable bonds is 5. The molecule has 0 bridgehead atoms. The zero-order valence-electron chi connectivity index (χ0n) is 12.0. The van der Waals surface area contributed by atoms with E-state index in [1.54, 1.807) is 18.7 Å². The van der Waals surface area contributed by atoms with E-state index in [0.29, 0.717) is 16.4 Å². The summed E-state index contributed by atoms with van der Waals surface area (Å²) < 4.78 is 29.1. The van der Waals surface area contributed by atoms with Gasteiger partial charge >= 0.3 is 5.97 Å². The molecule has 0 aliphatic carbocycles. The summed E-state index contributed by atoms with van der Waals surface area (Å²) >= 11 is 6.08. The summed E-state index contributed by atoms with van der Waals surface area (Å²) in [5.41, 5.74) is 0.718. The second kappa shape index (κ2) is 6.41. The molecule has 0 radical (unpaired) electrons. The fourth-order valence-corrected chi connectivity index (χ4v) is 2.30. The Morgan fingerprint density at radius 3 is 2.41 bits per heavy atom. The van der Waals surface area contributed by atoms with Gasteiger partial charge in [0, 0.05) is 25.7 Å². The molecule has 0 atom stereocenters. The number of aromatic carboxylic acids is 1. The van der Waals surface area contributed by atoms with Crippen molar-refractivity contribution in [2.75, 3.05) is 0 Å². The first kappa shape index (κ1) is 16.4. The summed E-state index contributed by atoms with van der Waals surface area (Å²) in [6.45, 7) is 1.93. The molecule has 2 rings (SSSR count). The quantitative estimate of drug-likeness (QED) is 0.885. The van der Waals surface area contributed by atoms with Gasteiger partial charge in [-0.25, -0.2) is 13.6 Å². The smallest absolute Gasteiger partial charge is 0.335 e. The predicted octanol–water partition coefficient (Wildman–Crippen LogP) is 2.65. The third-order valence-corrected chi connectivity index (χ3v) is 3.74. The Balaban J connectivity index is 2.11. The molecule has 5 nitrogen and oxygen atoms in total. The molecule has 1 aromatic heterocycles. The van der Waals surface area contributed by atoms with Crippen LogP contribution in [0.15, 0.2) is 12.1 Å². The van der Waals surface area contributed by atoms with E-state index < -0.39 is 23.2 Å². The number of carboxylic acids is 1. The fourth-order valence-electron chi connectivity index (χ4n) is 2.07. The van der Waals surface area contributed by atoms with Crippen LogP contribution in [-0.4, -0.2) is 20.9 Å². The summed E-state index contributed by atoms with van der Waals surface area (Å²) in [7, 11) is 1.72. The SMILES string of the molecule is Cc1nn(C)c(CNCc2c(F)cc(C(=O)O)cc2F)c1Cl. The van der Waals surface area contributed by atoms with Crippen LogP contribution in [0, 0.1) is 18.6 Å². The lowest BCUT2D eigenvalue weighted by atomic mass is 10.1. The molecule has 22 heavy (non-hydrogen) atoms. The number of hydrogen-bond donors (Lipinski definition) is 2. The van der Waals surface area contributed by atoms with E-state index in [9.17, 15) is 13.6 Å². The molecule has 0 fully saturated rings. The number of nitrogens with one attached hydrogen (secondary N) is 1. The van der Waals surface area contributed by atoms with Crippen LogP contribution in [0.25, 0.3) is 0 Å². The van der Waals surface area contributed by atoms with Crippen LogP contribution >= 0.6 is 11.6 Å². The first-order chi connectivity index (χ1) is 10.3.